The number of nitrogens with zero attached hydrogens (tertiary/aromatic N) is 4. The van der Waals surface area contributed by atoms with Gasteiger partial charge in [-0.2, -0.15) is 5.10 Å². The fraction of sp³-hybridized carbons (Fsp3) is 0.576. The number of nitrogen functional groups attached to an aromatic ring is 1. The molecule has 0 atom stereocenters. The van der Waals surface area contributed by atoms with Gasteiger partial charge in [-0.05, 0) is 39.0 Å². The fourth-order valence-electron chi connectivity index (χ4n) is 4.08. The van der Waals surface area contributed by atoms with Crippen molar-refractivity contribution in [3.63, 3.8) is 0 Å². The van der Waals surface area contributed by atoms with Gasteiger partial charge in [0.05, 0.1) is 104 Å². The first-order valence-electron chi connectivity index (χ1n) is 15.9. The van der Waals surface area contributed by atoms with E-state index in [1.54, 1.807) is 35.1 Å². The van der Waals surface area contributed by atoms with Crippen LogP contribution in [-0.2, 0) is 49.2 Å². The molecule has 0 radical (unpaired) electrons. The van der Waals surface area contributed by atoms with Crippen molar-refractivity contribution in [3.05, 3.63) is 42.7 Å². The molecule has 15 heteroatoms. The summed E-state index contributed by atoms with van der Waals surface area (Å²) in [5, 5.41) is 22.7. The molecular formula is C33H49N5O10. The summed E-state index contributed by atoms with van der Waals surface area (Å²) in [4.78, 5) is 11.5. The van der Waals surface area contributed by atoms with E-state index in [-0.39, 0.29) is 18.2 Å². The van der Waals surface area contributed by atoms with E-state index in [4.69, 9.17) is 43.6 Å². The first-order valence-corrected chi connectivity index (χ1v) is 15.9. The number of carbonyl (C=O) groups excluding carboxylic acids is 1. The number of aromatic nitrogens is 4. The molecule has 2 heterocycles. The Kier molecular flexibility index (Phi) is 17.8. The predicted octanol–water partition coefficient (Wildman–Crippen LogP) is 2.75. The Bertz CT molecular complexity index is 1330. The summed E-state index contributed by atoms with van der Waals surface area (Å²) in [6.07, 6.45) is 3.57. The van der Waals surface area contributed by atoms with Crippen molar-refractivity contribution in [2.45, 2.75) is 32.9 Å². The van der Waals surface area contributed by atoms with Crippen molar-refractivity contribution in [2.24, 2.45) is 0 Å². The molecule has 0 aliphatic carbocycles. The summed E-state index contributed by atoms with van der Waals surface area (Å²) in [6, 6.07) is 8.72. The third kappa shape index (κ3) is 15.9. The van der Waals surface area contributed by atoms with Crippen LogP contribution >= 0.6 is 0 Å². The maximum atomic E-state index is 11.5. The molecular weight excluding hydrogens is 626 g/mol. The second kappa shape index (κ2) is 22.0. The number of hydrogen-bond donors (Lipinski definition) is 2. The van der Waals surface area contributed by atoms with Gasteiger partial charge in [0.15, 0.2) is 5.82 Å². The quantitative estimate of drug-likeness (QED) is 0.0988. The number of aromatic hydroxyl groups is 1. The van der Waals surface area contributed by atoms with Gasteiger partial charge in [-0.25, -0.2) is 4.79 Å². The zero-order valence-corrected chi connectivity index (χ0v) is 28.1. The Morgan fingerprint density at radius 2 is 1.27 bits per heavy atom. The molecule has 2 aromatic heterocycles. The Hall–Kier alpha value is -3.70. The molecule has 0 spiro atoms. The molecule has 0 amide bonds. The van der Waals surface area contributed by atoms with E-state index >= 15 is 0 Å². The largest absolute Gasteiger partial charge is 0.507 e. The van der Waals surface area contributed by atoms with Crippen molar-refractivity contribution in [3.8, 4) is 28.1 Å². The van der Waals surface area contributed by atoms with E-state index in [2.05, 4.69) is 15.3 Å². The van der Waals surface area contributed by atoms with Crippen LogP contribution in [0.3, 0.4) is 0 Å². The lowest BCUT2D eigenvalue weighted by molar-refractivity contribution is -0.160. The number of carbonyl (C=O) groups is 1. The van der Waals surface area contributed by atoms with Gasteiger partial charge in [-0.15, -0.1) is 10.2 Å². The maximum absolute atomic E-state index is 11.5. The summed E-state index contributed by atoms with van der Waals surface area (Å²) in [5.41, 5.74) is 8.12. The fourth-order valence-corrected chi connectivity index (χ4v) is 4.08. The molecule has 3 aromatic rings. The number of nitrogens with two attached hydrogens (primary N) is 1. The second-order valence-electron chi connectivity index (χ2n) is 11.4. The monoisotopic (exact) mass is 675 g/mol. The van der Waals surface area contributed by atoms with E-state index in [0.29, 0.717) is 109 Å². The predicted molar refractivity (Wildman–Crippen MR) is 176 cm³/mol. The van der Waals surface area contributed by atoms with Gasteiger partial charge in [0.25, 0.3) is 0 Å². The SMILES string of the molecule is CC(C)(C)OC(=O)COCCOCCOCCOCCOCCOCCOCCn1cc(-c2cc(-c3ccccc3O)nnc2N)cn1. The van der Waals surface area contributed by atoms with Gasteiger partial charge in [0.1, 0.15) is 18.0 Å². The molecule has 0 fully saturated rings. The molecule has 266 valence electrons. The van der Waals surface area contributed by atoms with Gasteiger partial charge in [0, 0.05) is 22.9 Å². The number of benzene rings is 1. The molecule has 0 unspecified atom stereocenters. The third-order valence-corrected chi connectivity index (χ3v) is 6.28. The van der Waals surface area contributed by atoms with Crippen LogP contribution in [-0.4, -0.2) is 129 Å². The van der Waals surface area contributed by atoms with Crippen molar-refractivity contribution < 1.29 is 47.8 Å². The highest BCUT2D eigenvalue weighted by molar-refractivity contribution is 5.78. The standard InChI is InChI=1S/C33H49N5O10/c1-33(2,3)48-31(40)25-47-21-20-46-19-18-45-17-16-44-15-14-43-13-12-42-11-10-41-9-8-38-24-26(23-35-38)28-22-29(36-37-32(28)34)27-6-4-5-7-30(27)39/h4-7,22-24,39H,8-21,25H2,1-3H3,(H2,34,37). The van der Waals surface area contributed by atoms with Crippen molar-refractivity contribution in [1.29, 1.82) is 0 Å². The van der Waals surface area contributed by atoms with Gasteiger partial charge in [0.2, 0.25) is 0 Å². The number of ether oxygens (including phenoxy) is 8. The van der Waals surface area contributed by atoms with Gasteiger partial charge >= 0.3 is 5.97 Å². The number of para-hydroxylation sites is 1. The molecule has 15 nitrogen and oxygen atoms in total. The lowest BCUT2D eigenvalue weighted by Gasteiger charge is -2.19. The molecule has 0 saturated heterocycles. The van der Waals surface area contributed by atoms with E-state index in [9.17, 15) is 9.90 Å². The summed E-state index contributed by atoms with van der Waals surface area (Å²) >= 11 is 0. The highest BCUT2D eigenvalue weighted by Crippen LogP contribution is 2.31. The summed E-state index contributed by atoms with van der Waals surface area (Å²) in [5.74, 6) is 0.00529. The molecule has 1 aromatic carbocycles. The lowest BCUT2D eigenvalue weighted by Crippen LogP contribution is -2.27. The highest BCUT2D eigenvalue weighted by Gasteiger charge is 2.16. The minimum absolute atomic E-state index is 0.0902. The summed E-state index contributed by atoms with van der Waals surface area (Å²) in [7, 11) is 0. The van der Waals surface area contributed by atoms with Crippen molar-refractivity contribution in [1.82, 2.24) is 20.0 Å². The van der Waals surface area contributed by atoms with Crippen LogP contribution in [0.15, 0.2) is 42.7 Å². The van der Waals surface area contributed by atoms with Crippen LogP contribution in [0.4, 0.5) is 5.82 Å². The second-order valence-corrected chi connectivity index (χ2v) is 11.4. The van der Waals surface area contributed by atoms with Crippen LogP contribution in [0.25, 0.3) is 22.4 Å². The van der Waals surface area contributed by atoms with Gasteiger partial charge in [-0.3, -0.25) is 4.68 Å². The van der Waals surface area contributed by atoms with E-state index in [0.717, 1.165) is 5.56 Å². The molecule has 0 bridgehead atoms. The van der Waals surface area contributed by atoms with Gasteiger partial charge in [-0.1, -0.05) is 12.1 Å². The van der Waals surface area contributed by atoms with Crippen LogP contribution in [0.1, 0.15) is 20.8 Å². The van der Waals surface area contributed by atoms with Crippen molar-refractivity contribution >= 4 is 11.8 Å². The number of rotatable bonds is 25. The molecule has 0 saturated carbocycles. The van der Waals surface area contributed by atoms with E-state index in [1.165, 1.54) is 0 Å². The Labute approximate surface area is 281 Å². The Morgan fingerprint density at radius 3 is 1.81 bits per heavy atom. The Balaban J connectivity index is 1.09. The molecule has 3 N–H and O–H groups in total. The molecule has 3 rings (SSSR count). The summed E-state index contributed by atoms with van der Waals surface area (Å²) < 4.78 is 45.1. The molecule has 0 aliphatic rings. The smallest absolute Gasteiger partial charge is 0.332 e. The minimum atomic E-state index is -0.518. The van der Waals surface area contributed by atoms with Crippen molar-refractivity contribution in [2.75, 3.05) is 98.2 Å². The van der Waals surface area contributed by atoms with Gasteiger partial charge < -0.3 is 48.7 Å². The van der Waals surface area contributed by atoms with Crippen LogP contribution in [0.5, 0.6) is 5.75 Å². The number of phenols is 1. The normalized spacial score (nSPS) is 11.6. The van der Waals surface area contributed by atoms with E-state index < -0.39 is 11.6 Å². The number of anilines is 1. The minimum Gasteiger partial charge on any atom is -0.507 e. The number of hydrogen-bond acceptors (Lipinski definition) is 14. The molecule has 48 heavy (non-hydrogen) atoms. The maximum Gasteiger partial charge on any atom is 0.332 e. The van der Waals surface area contributed by atoms with E-state index in [1.807, 2.05) is 33.0 Å². The summed E-state index contributed by atoms with van der Waals surface area (Å²) in [6.45, 7) is 11.6. The number of esters is 1. The first kappa shape index (κ1) is 38.7. The average Bonchev–Trinajstić information content (AvgIpc) is 3.52. The molecule has 0 aliphatic heterocycles. The Morgan fingerprint density at radius 1 is 0.750 bits per heavy atom. The van der Waals surface area contributed by atoms with Crippen LogP contribution < -0.4 is 5.73 Å². The lowest BCUT2D eigenvalue weighted by atomic mass is 10.1. The average molecular weight is 676 g/mol. The zero-order chi connectivity index (χ0) is 34.5. The van der Waals surface area contributed by atoms with Crippen LogP contribution in [0, 0.1) is 0 Å². The zero-order valence-electron chi connectivity index (χ0n) is 28.1. The third-order valence-electron chi connectivity index (χ3n) is 6.28. The number of phenolic OH excluding ortho intramolecular Hbond substituents is 1. The highest BCUT2D eigenvalue weighted by atomic mass is 16.6. The van der Waals surface area contributed by atoms with Crippen LogP contribution in [0.2, 0.25) is 0 Å². The first-order chi connectivity index (χ1) is 23.2. The topological polar surface area (TPSA) is 181 Å².